The van der Waals surface area contributed by atoms with Crippen LogP contribution in [0.4, 0.5) is 17.5 Å². The van der Waals surface area contributed by atoms with Crippen LogP contribution in [0.15, 0.2) is 30.5 Å². The highest BCUT2D eigenvalue weighted by atomic mass is 16.5. The summed E-state index contributed by atoms with van der Waals surface area (Å²) in [6.45, 7) is 5.06. The van der Waals surface area contributed by atoms with Crippen molar-refractivity contribution in [2.75, 3.05) is 43.1 Å². The Kier molecular flexibility index (Phi) is 5.17. The van der Waals surface area contributed by atoms with Gasteiger partial charge >= 0.3 is 5.97 Å². The van der Waals surface area contributed by atoms with Crippen LogP contribution in [0.25, 0.3) is 0 Å². The van der Waals surface area contributed by atoms with Crippen LogP contribution in [0.3, 0.4) is 0 Å². The molecule has 8 nitrogen and oxygen atoms in total. The molecule has 0 aliphatic carbocycles. The summed E-state index contributed by atoms with van der Waals surface area (Å²) in [7, 11) is 0. The summed E-state index contributed by atoms with van der Waals surface area (Å²) in [5.74, 6) is 0.832. The van der Waals surface area contributed by atoms with Crippen molar-refractivity contribution < 1.29 is 14.3 Å². The zero-order valence-corrected chi connectivity index (χ0v) is 13.4. The van der Waals surface area contributed by atoms with E-state index in [1.54, 1.807) is 37.4 Å². The van der Waals surface area contributed by atoms with Gasteiger partial charge in [0, 0.05) is 18.8 Å². The Morgan fingerprint density at radius 1 is 1.29 bits per heavy atom. The molecule has 0 saturated carbocycles. The fraction of sp³-hybridized carbons (Fsp3) is 0.375. The predicted octanol–water partition coefficient (Wildman–Crippen LogP) is 1.63. The fourth-order valence-electron chi connectivity index (χ4n) is 2.33. The first-order valence-corrected chi connectivity index (χ1v) is 7.83. The number of ether oxygens (including phenoxy) is 2. The average Bonchev–Trinajstić information content (AvgIpc) is 2.63. The minimum Gasteiger partial charge on any atom is -0.462 e. The molecule has 1 aromatic heterocycles. The molecule has 0 spiro atoms. The predicted molar refractivity (Wildman–Crippen MR) is 88.5 cm³/mol. The summed E-state index contributed by atoms with van der Waals surface area (Å²) in [5.41, 5.74) is 1.27. The van der Waals surface area contributed by atoms with Gasteiger partial charge in [-0.3, -0.25) is 0 Å². The van der Waals surface area contributed by atoms with Crippen molar-refractivity contribution in [3.05, 3.63) is 36.0 Å². The highest BCUT2D eigenvalue weighted by Crippen LogP contribution is 2.17. The minimum atomic E-state index is -0.337. The molecule has 2 aromatic rings. The molecule has 3 rings (SSSR count). The molecule has 0 amide bonds. The molecule has 1 aliphatic heterocycles. The van der Waals surface area contributed by atoms with Gasteiger partial charge in [0.1, 0.15) is 0 Å². The average molecular weight is 329 g/mol. The first kappa shape index (κ1) is 16.1. The molecule has 126 valence electrons. The molecule has 0 radical (unpaired) electrons. The zero-order valence-electron chi connectivity index (χ0n) is 13.4. The van der Waals surface area contributed by atoms with Gasteiger partial charge in [-0.2, -0.15) is 10.1 Å². The second-order valence-corrected chi connectivity index (χ2v) is 5.16. The number of rotatable bonds is 5. The van der Waals surface area contributed by atoms with Gasteiger partial charge < -0.3 is 19.7 Å². The number of hydrogen-bond acceptors (Lipinski definition) is 8. The number of morpholine rings is 1. The Hall–Kier alpha value is -2.74. The number of aromatic nitrogens is 3. The highest BCUT2D eigenvalue weighted by molar-refractivity contribution is 5.89. The molecule has 1 aliphatic rings. The third kappa shape index (κ3) is 3.96. The third-order valence-corrected chi connectivity index (χ3v) is 3.53. The van der Waals surface area contributed by atoms with Crippen LogP contribution in [0.1, 0.15) is 17.3 Å². The van der Waals surface area contributed by atoms with Crippen molar-refractivity contribution in [3.63, 3.8) is 0 Å². The van der Waals surface area contributed by atoms with E-state index in [0.717, 1.165) is 24.6 Å². The summed E-state index contributed by atoms with van der Waals surface area (Å²) in [6, 6.07) is 6.94. The van der Waals surface area contributed by atoms with Crippen LogP contribution in [0, 0.1) is 0 Å². The quantitative estimate of drug-likeness (QED) is 0.828. The Balaban J connectivity index is 1.68. The van der Waals surface area contributed by atoms with E-state index >= 15 is 0 Å². The Bertz CT molecular complexity index is 686. The molecule has 8 heteroatoms. The van der Waals surface area contributed by atoms with Crippen molar-refractivity contribution in [1.82, 2.24) is 15.2 Å². The van der Waals surface area contributed by atoms with Crippen LogP contribution in [0.2, 0.25) is 0 Å². The monoisotopic (exact) mass is 329 g/mol. The van der Waals surface area contributed by atoms with Gasteiger partial charge in [-0.25, -0.2) is 4.79 Å². The van der Waals surface area contributed by atoms with Crippen molar-refractivity contribution in [2.24, 2.45) is 0 Å². The molecule has 1 aromatic carbocycles. The number of nitrogens with zero attached hydrogens (tertiary/aromatic N) is 4. The molecule has 0 bridgehead atoms. The zero-order chi connectivity index (χ0) is 16.8. The number of carbonyl (C=O) groups is 1. The maximum atomic E-state index is 11.6. The van der Waals surface area contributed by atoms with E-state index in [-0.39, 0.29) is 5.97 Å². The van der Waals surface area contributed by atoms with Gasteiger partial charge in [-0.15, -0.1) is 5.10 Å². The van der Waals surface area contributed by atoms with E-state index in [2.05, 4.69) is 25.4 Å². The normalized spacial score (nSPS) is 14.3. The molecule has 0 atom stereocenters. The minimum absolute atomic E-state index is 0.337. The standard InChI is InChI=1S/C16H19N5O3/c1-2-24-15(22)12-3-5-13(6-4-12)18-16-19-14(11-17-20-16)21-7-9-23-10-8-21/h3-6,11H,2,7-10H2,1H3,(H,18,19,20). The van der Waals surface area contributed by atoms with Gasteiger partial charge in [0.15, 0.2) is 5.82 Å². The van der Waals surface area contributed by atoms with Crippen molar-refractivity contribution >= 4 is 23.4 Å². The lowest BCUT2D eigenvalue weighted by Crippen LogP contribution is -2.36. The van der Waals surface area contributed by atoms with E-state index in [4.69, 9.17) is 9.47 Å². The number of esters is 1. The van der Waals surface area contributed by atoms with E-state index in [0.29, 0.717) is 31.3 Å². The molecule has 0 unspecified atom stereocenters. The maximum Gasteiger partial charge on any atom is 0.338 e. The number of hydrogen-bond donors (Lipinski definition) is 1. The smallest absolute Gasteiger partial charge is 0.338 e. The van der Waals surface area contributed by atoms with E-state index in [9.17, 15) is 4.79 Å². The second kappa shape index (κ2) is 7.69. The molecular formula is C16H19N5O3. The Morgan fingerprint density at radius 3 is 2.75 bits per heavy atom. The number of anilines is 3. The highest BCUT2D eigenvalue weighted by Gasteiger charge is 2.14. The first-order chi connectivity index (χ1) is 11.8. The van der Waals surface area contributed by atoms with Crippen LogP contribution in [0.5, 0.6) is 0 Å². The summed E-state index contributed by atoms with van der Waals surface area (Å²) in [6.07, 6.45) is 1.64. The number of carbonyl (C=O) groups excluding carboxylic acids is 1. The Labute approximate surface area is 139 Å². The second-order valence-electron chi connectivity index (χ2n) is 5.16. The van der Waals surface area contributed by atoms with Gasteiger partial charge in [0.05, 0.1) is 31.6 Å². The van der Waals surface area contributed by atoms with Gasteiger partial charge in [-0.1, -0.05) is 0 Å². The van der Waals surface area contributed by atoms with Gasteiger partial charge in [0.25, 0.3) is 0 Å². The van der Waals surface area contributed by atoms with Crippen molar-refractivity contribution in [3.8, 4) is 0 Å². The van der Waals surface area contributed by atoms with Crippen LogP contribution >= 0.6 is 0 Å². The van der Waals surface area contributed by atoms with Gasteiger partial charge in [0.2, 0.25) is 5.95 Å². The van der Waals surface area contributed by atoms with Crippen molar-refractivity contribution in [2.45, 2.75) is 6.92 Å². The van der Waals surface area contributed by atoms with Crippen LogP contribution in [-0.4, -0.2) is 54.1 Å². The fourth-order valence-corrected chi connectivity index (χ4v) is 2.33. The molecule has 24 heavy (non-hydrogen) atoms. The largest absolute Gasteiger partial charge is 0.462 e. The third-order valence-electron chi connectivity index (χ3n) is 3.53. The summed E-state index contributed by atoms with van der Waals surface area (Å²) < 4.78 is 10.3. The lowest BCUT2D eigenvalue weighted by atomic mass is 10.2. The van der Waals surface area contributed by atoms with E-state index < -0.39 is 0 Å². The number of nitrogens with one attached hydrogen (secondary N) is 1. The lowest BCUT2D eigenvalue weighted by molar-refractivity contribution is 0.0526. The SMILES string of the molecule is CCOC(=O)c1ccc(Nc2nncc(N3CCOCC3)n2)cc1. The summed E-state index contributed by atoms with van der Waals surface area (Å²) >= 11 is 0. The number of benzene rings is 1. The molecule has 1 fully saturated rings. The van der Waals surface area contributed by atoms with Crippen molar-refractivity contribution in [1.29, 1.82) is 0 Å². The molecule has 1 saturated heterocycles. The van der Waals surface area contributed by atoms with Crippen LogP contribution < -0.4 is 10.2 Å². The van der Waals surface area contributed by atoms with E-state index in [1.807, 2.05) is 0 Å². The molecular weight excluding hydrogens is 310 g/mol. The summed E-state index contributed by atoms with van der Waals surface area (Å²) in [5, 5.41) is 11.1. The first-order valence-electron chi connectivity index (χ1n) is 7.83. The summed E-state index contributed by atoms with van der Waals surface area (Å²) in [4.78, 5) is 18.2. The van der Waals surface area contributed by atoms with Crippen LogP contribution in [-0.2, 0) is 9.47 Å². The van der Waals surface area contributed by atoms with Gasteiger partial charge in [-0.05, 0) is 31.2 Å². The Morgan fingerprint density at radius 2 is 2.04 bits per heavy atom. The molecule has 1 N–H and O–H groups in total. The molecule has 2 heterocycles. The topological polar surface area (TPSA) is 89.5 Å². The van der Waals surface area contributed by atoms with E-state index in [1.165, 1.54) is 0 Å². The maximum absolute atomic E-state index is 11.6. The lowest BCUT2D eigenvalue weighted by Gasteiger charge is -2.27.